The van der Waals surface area contributed by atoms with Crippen molar-refractivity contribution < 1.29 is 14.3 Å². The molecule has 5 heteroatoms. The molecule has 124 valence electrons. The van der Waals surface area contributed by atoms with Gasteiger partial charge in [0.1, 0.15) is 0 Å². The number of hydrogen-bond acceptors (Lipinski definition) is 4. The third-order valence-corrected chi connectivity index (χ3v) is 4.09. The molecule has 1 aromatic carbocycles. The number of aromatic nitrogens is 1. The fourth-order valence-electron chi connectivity index (χ4n) is 2.64. The predicted octanol–water partition coefficient (Wildman–Crippen LogP) is 4.64. The largest absolute Gasteiger partial charge is 0.467 e. The first-order valence-electron chi connectivity index (χ1n) is 7.46. The molecule has 0 fully saturated rings. The van der Waals surface area contributed by atoms with Gasteiger partial charge < -0.3 is 9.47 Å². The highest BCUT2D eigenvalue weighted by Gasteiger charge is 2.31. The third-order valence-electron chi connectivity index (χ3n) is 3.59. The van der Waals surface area contributed by atoms with Crippen LogP contribution in [-0.2, 0) is 14.3 Å². The van der Waals surface area contributed by atoms with E-state index in [0.717, 1.165) is 32.2 Å². The second-order valence-electron chi connectivity index (χ2n) is 6.53. The molecule has 0 bridgehead atoms. The number of aryl methyl sites for hydroxylation is 2. The lowest BCUT2D eigenvalue weighted by atomic mass is 9.97. The van der Waals surface area contributed by atoms with Gasteiger partial charge in [0.2, 0.25) is 0 Å². The molecule has 1 aromatic heterocycles. The summed E-state index contributed by atoms with van der Waals surface area (Å²) in [6, 6.07) is 5.93. The van der Waals surface area contributed by atoms with Gasteiger partial charge in [0.15, 0.2) is 6.10 Å². The number of benzene rings is 1. The molecule has 0 N–H and O–H groups in total. The maximum Gasteiger partial charge on any atom is 0.339 e. The normalized spacial score (nSPS) is 13.2. The van der Waals surface area contributed by atoms with E-state index in [2.05, 4.69) is 20.9 Å². The Morgan fingerprint density at radius 2 is 1.91 bits per heavy atom. The Labute approximate surface area is 145 Å². The molecule has 23 heavy (non-hydrogen) atoms. The number of esters is 1. The number of methoxy groups -OCH3 is 1. The number of carbonyl (C=O) groups excluding carboxylic acids is 1. The number of ether oxygens (including phenoxy) is 2. The number of rotatable bonds is 3. The minimum Gasteiger partial charge on any atom is -0.467 e. The van der Waals surface area contributed by atoms with Crippen molar-refractivity contribution in [3.8, 4) is 0 Å². The summed E-state index contributed by atoms with van der Waals surface area (Å²) < 4.78 is 11.9. The molecule has 0 radical (unpaired) electrons. The smallest absolute Gasteiger partial charge is 0.339 e. The first kappa shape index (κ1) is 17.9. The summed E-state index contributed by atoms with van der Waals surface area (Å²) in [5.41, 5.74) is 2.94. The summed E-state index contributed by atoms with van der Waals surface area (Å²) in [5, 5.41) is 1.00. The van der Waals surface area contributed by atoms with Gasteiger partial charge in [0.25, 0.3) is 0 Å². The summed E-state index contributed by atoms with van der Waals surface area (Å²) in [4.78, 5) is 16.9. The molecule has 2 aromatic rings. The first-order chi connectivity index (χ1) is 10.6. The van der Waals surface area contributed by atoms with Gasteiger partial charge >= 0.3 is 5.97 Å². The third kappa shape index (κ3) is 3.90. The minimum atomic E-state index is -0.791. The Morgan fingerprint density at radius 3 is 2.48 bits per heavy atom. The van der Waals surface area contributed by atoms with Crippen LogP contribution in [0.4, 0.5) is 0 Å². The van der Waals surface area contributed by atoms with Gasteiger partial charge in [-0.25, -0.2) is 4.79 Å². The number of fused-ring (bicyclic) bond motifs is 1. The Bertz CT molecular complexity index is 750. The van der Waals surface area contributed by atoms with Gasteiger partial charge in [-0.1, -0.05) is 22.0 Å². The second kappa shape index (κ2) is 6.57. The van der Waals surface area contributed by atoms with E-state index >= 15 is 0 Å². The standard InChI is InChI=1S/C18H22BrNO3/c1-10-13-8-7-12(19)9-14(13)20-11(2)15(10)16(17(21)22-6)23-18(3,4)5/h7-9,16H,1-6H3/t16-/m0/s1. The van der Waals surface area contributed by atoms with Gasteiger partial charge in [0, 0.05) is 21.1 Å². The van der Waals surface area contributed by atoms with Gasteiger partial charge in [-0.3, -0.25) is 4.98 Å². The predicted molar refractivity (Wildman–Crippen MR) is 94.5 cm³/mol. The quantitative estimate of drug-likeness (QED) is 0.728. The molecule has 1 atom stereocenters. The van der Waals surface area contributed by atoms with Crippen LogP contribution in [0.2, 0.25) is 0 Å². The van der Waals surface area contributed by atoms with Crippen LogP contribution in [0.5, 0.6) is 0 Å². The second-order valence-corrected chi connectivity index (χ2v) is 7.45. The molecule has 0 saturated heterocycles. The van der Waals surface area contributed by atoms with Crippen LogP contribution in [-0.4, -0.2) is 23.7 Å². The zero-order valence-corrected chi connectivity index (χ0v) is 15.9. The van der Waals surface area contributed by atoms with Crippen molar-refractivity contribution in [1.29, 1.82) is 0 Å². The number of pyridine rings is 1. The van der Waals surface area contributed by atoms with E-state index in [1.807, 2.05) is 52.8 Å². The topological polar surface area (TPSA) is 48.4 Å². The zero-order chi connectivity index (χ0) is 17.4. The minimum absolute atomic E-state index is 0.413. The molecular formula is C18H22BrNO3. The van der Waals surface area contributed by atoms with Crippen LogP contribution in [0, 0.1) is 13.8 Å². The molecule has 0 saturated carbocycles. The molecular weight excluding hydrogens is 358 g/mol. The lowest BCUT2D eigenvalue weighted by Crippen LogP contribution is -2.29. The molecule has 2 rings (SSSR count). The van der Waals surface area contributed by atoms with Crippen molar-refractivity contribution in [3.63, 3.8) is 0 Å². The number of hydrogen-bond donors (Lipinski definition) is 0. The van der Waals surface area contributed by atoms with Crippen molar-refractivity contribution in [2.75, 3.05) is 7.11 Å². The van der Waals surface area contributed by atoms with E-state index < -0.39 is 17.7 Å². The molecule has 0 spiro atoms. The highest BCUT2D eigenvalue weighted by atomic mass is 79.9. The average Bonchev–Trinajstić information content (AvgIpc) is 2.43. The summed E-state index contributed by atoms with van der Waals surface area (Å²) in [6.45, 7) is 9.63. The zero-order valence-electron chi connectivity index (χ0n) is 14.4. The highest BCUT2D eigenvalue weighted by molar-refractivity contribution is 9.10. The maximum absolute atomic E-state index is 12.3. The average molecular weight is 380 g/mol. The lowest BCUT2D eigenvalue weighted by Gasteiger charge is -2.28. The molecule has 4 nitrogen and oxygen atoms in total. The number of carbonyl (C=O) groups is 1. The maximum atomic E-state index is 12.3. The monoisotopic (exact) mass is 379 g/mol. The van der Waals surface area contributed by atoms with Crippen LogP contribution in [0.25, 0.3) is 10.9 Å². The Kier molecular flexibility index (Phi) is 5.11. The molecule has 0 aliphatic rings. The molecule has 1 heterocycles. The summed E-state index contributed by atoms with van der Waals surface area (Å²) in [5.74, 6) is -0.413. The molecule has 0 amide bonds. The van der Waals surface area contributed by atoms with E-state index in [0.29, 0.717) is 0 Å². The van der Waals surface area contributed by atoms with E-state index in [1.165, 1.54) is 7.11 Å². The van der Waals surface area contributed by atoms with Crippen molar-refractivity contribution >= 4 is 32.8 Å². The van der Waals surface area contributed by atoms with Crippen LogP contribution in [0.3, 0.4) is 0 Å². The summed E-state index contributed by atoms with van der Waals surface area (Å²) in [7, 11) is 1.37. The Hall–Kier alpha value is -1.46. The Morgan fingerprint density at radius 1 is 1.26 bits per heavy atom. The van der Waals surface area contributed by atoms with Crippen LogP contribution >= 0.6 is 15.9 Å². The van der Waals surface area contributed by atoms with Crippen molar-refractivity contribution in [2.45, 2.75) is 46.3 Å². The lowest BCUT2D eigenvalue weighted by molar-refractivity contribution is -0.164. The van der Waals surface area contributed by atoms with Crippen molar-refractivity contribution in [3.05, 3.63) is 39.5 Å². The highest BCUT2D eigenvalue weighted by Crippen LogP contribution is 2.33. The molecule has 0 aliphatic heterocycles. The van der Waals surface area contributed by atoms with Crippen LogP contribution < -0.4 is 0 Å². The van der Waals surface area contributed by atoms with E-state index in [4.69, 9.17) is 9.47 Å². The van der Waals surface area contributed by atoms with Gasteiger partial charge in [-0.15, -0.1) is 0 Å². The summed E-state index contributed by atoms with van der Waals surface area (Å²) >= 11 is 3.46. The van der Waals surface area contributed by atoms with Crippen LogP contribution in [0.1, 0.15) is 43.7 Å². The van der Waals surface area contributed by atoms with Crippen LogP contribution in [0.15, 0.2) is 22.7 Å². The Balaban J connectivity index is 2.67. The molecule has 0 aliphatic carbocycles. The van der Waals surface area contributed by atoms with Crippen molar-refractivity contribution in [1.82, 2.24) is 4.98 Å². The first-order valence-corrected chi connectivity index (χ1v) is 8.25. The van der Waals surface area contributed by atoms with Gasteiger partial charge in [0.05, 0.1) is 18.2 Å². The summed E-state index contributed by atoms with van der Waals surface area (Å²) in [6.07, 6.45) is -0.791. The van der Waals surface area contributed by atoms with E-state index in [-0.39, 0.29) is 0 Å². The fraction of sp³-hybridized carbons (Fsp3) is 0.444. The van der Waals surface area contributed by atoms with Crippen molar-refractivity contribution in [2.24, 2.45) is 0 Å². The van der Waals surface area contributed by atoms with Gasteiger partial charge in [-0.2, -0.15) is 0 Å². The van der Waals surface area contributed by atoms with E-state index in [9.17, 15) is 4.79 Å². The van der Waals surface area contributed by atoms with E-state index in [1.54, 1.807) is 0 Å². The number of halogens is 1. The molecule has 0 unspecified atom stereocenters. The number of nitrogens with zero attached hydrogens (tertiary/aromatic N) is 1. The fourth-order valence-corrected chi connectivity index (χ4v) is 2.99. The SMILES string of the molecule is COC(=O)[C@@H](OC(C)(C)C)c1c(C)nc2cc(Br)ccc2c1C. The van der Waals surface area contributed by atoms with Gasteiger partial charge in [-0.05, 0) is 52.3 Å².